The molecule has 2 atom stereocenters. The van der Waals surface area contributed by atoms with Crippen molar-refractivity contribution < 1.29 is 14.3 Å². The molecule has 1 saturated heterocycles. The summed E-state index contributed by atoms with van der Waals surface area (Å²) in [6.07, 6.45) is 0.876. The maximum atomic E-state index is 12.6. The average Bonchev–Trinajstić information content (AvgIpc) is 2.94. The van der Waals surface area contributed by atoms with Crippen LogP contribution in [-0.2, 0) is 9.59 Å². The van der Waals surface area contributed by atoms with Crippen molar-refractivity contribution in [3.63, 3.8) is 0 Å². The smallest absolute Gasteiger partial charge is 0.264 e. The van der Waals surface area contributed by atoms with Gasteiger partial charge in [-0.2, -0.15) is 0 Å². The number of carbonyl (C=O) groups is 2. The summed E-state index contributed by atoms with van der Waals surface area (Å²) in [5.41, 5.74) is 0. The van der Waals surface area contributed by atoms with Crippen LogP contribution in [0.1, 0.15) is 19.8 Å². The number of hydrogen-bond acceptors (Lipinski definition) is 3. The molecular weight excluding hydrogens is 304 g/mol. The Hall–Kier alpha value is -1.75. The predicted molar refractivity (Wildman–Crippen MR) is 85.0 cm³/mol. The monoisotopic (exact) mass is 324 g/mol. The van der Waals surface area contributed by atoms with Crippen LogP contribution in [0, 0.1) is 0 Å². The third kappa shape index (κ3) is 3.71. The fourth-order valence-electron chi connectivity index (χ4n) is 2.61. The van der Waals surface area contributed by atoms with Gasteiger partial charge in [-0.05, 0) is 38.0 Å². The second-order valence-electron chi connectivity index (χ2n) is 5.64. The molecule has 1 aliphatic rings. The summed E-state index contributed by atoms with van der Waals surface area (Å²) in [6.45, 7) is 2.28. The van der Waals surface area contributed by atoms with Crippen LogP contribution < -0.4 is 4.74 Å². The van der Waals surface area contributed by atoms with Gasteiger partial charge in [-0.15, -0.1) is 0 Å². The summed E-state index contributed by atoms with van der Waals surface area (Å²) in [4.78, 5) is 27.9. The van der Waals surface area contributed by atoms with Crippen molar-refractivity contribution in [2.75, 3.05) is 20.6 Å². The van der Waals surface area contributed by atoms with E-state index in [0.29, 0.717) is 23.7 Å². The second-order valence-corrected chi connectivity index (χ2v) is 6.08. The topological polar surface area (TPSA) is 49.9 Å². The number of amides is 2. The van der Waals surface area contributed by atoms with Gasteiger partial charge >= 0.3 is 0 Å². The molecule has 6 heteroatoms. The number of nitrogens with zero attached hydrogens (tertiary/aromatic N) is 2. The first-order valence-corrected chi connectivity index (χ1v) is 7.72. The number of ether oxygens (including phenoxy) is 1. The number of carbonyl (C=O) groups excluding carboxylic acids is 2. The first kappa shape index (κ1) is 16.6. The number of hydrogen-bond donors (Lipinski definition) is 0. The van der Waals surface area contributed by atoms with Gasteiger partial charge in [0.2, 0.25) is 5.91 Å². The zero-order valence-electron chi connectivity index (χ0n) is 13.1. The van der Waals surface area contributed by atoms with Gasteiger partial charge in [-0.1, -0.05) is 17.7 Å². The molecule has 2 amide bonds. The third-order valence-electron chi connectivity index (χ3n) is 3.72. The van der Waals surface area contributed by atoms with Gasteiger partial charge in [0.05, 0.1) is 0 Å². The van der Waals surface area contributed by atoms with Crippen molar-refractivity contribution in [1.29, 1.82) is 0 Å². The summed E-state index contributed by atoms with van der Waals surface area (Å²) in [6, 6.07) is 6.55. The Labute approximate surface area is 135 Å². The van der Waals surface area contributed by atoms with Crippen LogP contribution in [-0.4, -0.2) is 54.4 Å². The molecule has 120 valence electrons. The number of likely N-dealkylation sites (N-methyl/N-ethyl adjacent to an activating group) is 1. The summed E-state index contributed by atoms with van der Waals surface area (Å²) in [5.74, 6) is 0.335. The number of rotatable bonds is 4. The molecule has 2 unspecified atom stereocenters. The Morgan fingerprint density at radius 3 is 2.77 bits per heavy atom. The van der Waals surface area contributed by atoms with Gasteiger partial charge in [0, 0.05) is 25.7 Å². The van der Waals surface area contributed by atoms with E-state index in [1.54, 1.807) is 50.2 Å². The van der Waals surface area contributed by atoms with Gasteiger partial charge in [0.15, 0.2) is 6.10 Å². The molecule has 1 aromatic rings. The maximum Gasteiger partial charge on any atom is 0.264 e. The van der Waals surface area contributed by atoms with E-state index in [0.717, 1.165) is 6.42 Å². The van der Waals surface area contributed by atoms with Crippen LogP contribution in [0.3, 0.4) is 0 Å². The first-order valence-electron chi connectivity index (χ1n) is 7.34. The average molecular weight is 325 g/mol. The summed E-state index contributed by atoms with van der Waals surface area (Å²) in [7, 11) is 3.41. The highest BCUT2D eigenvalue weighted by molar-refractivity contribution is 6.30. The third-order valence-corrected chi connectivity index (χ3v) is 3.95. The molecule has 22 heavy (non-hydrogen) atoms. The highest BCUT2D eigenvalue weighted by Gasteiger charge is 2.37. The normalized spacial score (nSPS) is 18.9. The van der Waals surface area contributed by atoms with Crippen molar-refractivity contribution in [3.8, 4) is 5.75 Å². The first-order chi connectivity index (χ1) is 10.4. The summed E-state index contributed by atoms with van der Waals surface area (Å²) >= 11 is 5.91. The van der Waals surface area contributed by atoms with Gasteiger partial charge in [-0.25, -0.2) is 0 Å². The highest BCUT2D eigenvalue weighted by Crippen LogP contribution is 2.22. The van der Waals surface area contributed by atoms with Crippen LogP contribution in [0.5, 0.6) is 5.75 Å². The highest BCUT2D eigenvalue weighted by atomic mass is 35.5. The number of likely N-dealkylation sites (tertiary alicyclic amines) is 1. The van der Waals surface area contributed by atoms with E-state index in [-0.39, 0.29) is 17.9 Å². The van der Waals surface area contributed by atoms with Crippen molar-refractivity contribution in [3.05, 3.63) is 29.3 Å². The van der Waals surface area contributed by atoms with Crippen molar-refractivity contribution >= 4 is 23.4 Å². The molecule has 2 rings (SSSR count). The molecular formula is C16H21ClN2O3. The predicted octanol–water partition coefficient (Wildman–Crippen LogP) is 2.19. The Bertz CT molecular complexity index is 562. The molecule has 5 nitrogen and oxygen atoms in total. The van der Waals surface area contributed by atoms with Gasteiger partial charge < -0.3 is 14.5 Å². The van der Waals surface area contributed by atoms with E-state index in [1.807, 2.05) is 0 Å². The quantitative estimate of drug-likeness (QED) is 0.853. The molecule has 0 spiro atoms. The lowest BCUT2D eigenvalue weighted by atomic mass is 10.2. The van der Waals surface area contributed by atoms with Crippen LogP contribution in [0.2, 0.25) is 5.02 Å². The Kier molecular flexibility index (Phi) is 5.29. The van der Waals surface area contributed by atoms with E-state index < -0.39 is 6.10 Å². The molecule has 1 fully saturated rings. The Balaban J connectivity index is 2.05. The molecule has 0 N–H and O–H groups in total. The zero-order chi connectivity index (χ0) is 16.3. The summed E-state index contributed by atoms with van der Waals surface area (Å²) in [5, 5.41) is 0.555. The van der Waals surface area contributed by atoms with E-state index in [4.69, 9.17) is 16.3 Å². The number of benzene rings is 1. The molecule has 1 heterocycles. The van der Waals surface area contributed by atoms with Crippen molar-refractivity contribution in [1.82, 2.24) is 9.80 Å². The largest absolute Gasteiger partial charge is 0.481 e. The van der Waals surface area contributed by atoms with Crippen molar-refractivity contribution in [2.24, 2.45) is 0 Å². The lowest BCUT2D eigenvalue weighted by molar-refractivity contribution is -0.146. The lowest BCUT2D eigenvalue weighted by Gasteiger charge is -2.28. The Morgan fingerprint density at radius 1 is 1.41 bits per heavy atom. The van der Waals surface area contributed by atoms with Crippen LogP contribution in [0.25, 0.3) is 0 Å². The number of halogens is 1. The van der Waals surface area contributed by atoms with E-state index in [9.17, 15) is 9.59 Å². The molecule has 1 aromatic carbocycles. The second kappa shape index (κ2) is 7.01. The van der Waals surface area contributed by atoms with Crippen LogP contribution in [0.4, 0.5) is 0 Å². The summed E-state index contributed by atoms with van der Waals surface area (Å²) < 4.78 is 5.66. The molecule has 0 aromatic heterocycles. The fourth-order valence-corrected chi connectivity index (χ4v) is 2.79. The van der Waals surface area contributed by atoms with Crippen molar-refractivity contribution in [2.45, 2.75) is 31.9 Å². The molecule has 0 saturated carbocycles. The molecule has 0 radical (unpaired) electrons. The lowest BCUT2D eigenvalue weighted by Crippen LogP contribution is -2.49. The van der Waals surface area contributed by atoms with E-state index in [1.165, 1.54) is 4.90 Å². The van der Waals surface area contributed by atoms with Crippen LogP contribution in [0.15, 0.2) is 24.3 Å². The van der Waals surface area contributed by atoms with E-state index >= 15 is 0 Å². The van der Waals surface area contributed by atoms with Gasteiger partial charge in [0.1, 0.15) is 11.8 Å². The Morgan fingerprint density at radius 2 is 2.14 bits per heavy atom. The van der Waals surface area contributed by atoms with Gasteiger partial charge in [-0.3, -0.25) is 9.59 Å². The van der Waals surface area contributed by atoms with Gasteiger partial charge in [0.25, 0.3) is 5.91 Å². The standard InChI is InChI=1S/C16H21ClN2O3/c1-11(22-13-7-4-6-12(17)10-13)15(20)19-9-5-8-14(19)16(21)18(2)3/h4,6-7,10-11,14H,5,8-9H2,1-3H3. The minimum absolute atomic E-state index is 0.0409. The molecule has 0 aliphatic carbocycles. The molecule has 1 aliphatic heterocycles. The maximum absolute atomic E-state index is 12.6. The minimum atomic E-state index is -0.658. The zero-order valence-corrected chi connectivity index (χ0v) is 13.8. The van der Waals surface area contributed by atoms with Crippen LogP contribution >= 0.6 is 11.6 Å². The molecule has 0 bridgehead atoms. The SMILES string of the molecule is CC(Oc1cccc(Cl)c1)C(=O)N1CCCC1C(=O)N(C)C. The minimum Gasteiger partial charge on any atom is -0.481 e. The fraction of sp³-hybridized carbons (Fsp3) is 0.500. The van der Waals surface area contributed by atoms with E-state index in [2.05, 4.69) is 0 Å².